The zero-order chi connectivity index (χ0) is 11.6. The van der Waals surface area contributed by atoms with Gasteiger partial charge in [0.05, 0.1) is 5.60 Å². The van der Waals surface area contributed by atoms with Gasteiger partial charge in [-0.1, -0.05) is 0 Å². The van der Waals surface area contributed by atoms with E-state index < -0.39 is 0 Å². The lowest BCUT2D eigenvalue weighted by Gasteiger charge is -2.36. The predicted molar refractivity (Wildman–Crippen MR) is 67.8 cm³/mol. The molecule has 2 bridgehead atoms. The zero-order valence-corrected chi connectivity index (χ0v) is 11.1. The van der Waals surface area contributed by atoms with E-state index >= 15 is 0 Å². The Labute approximate surface area is 104 Å². The standard InChI is InChI=1S/C15H25NO/c1-15(2)8-11(5-6-17-15)16-14-12-9-3-4-10(7-9)13(12)14/h9-14,16H,3-8H2,1-2H3. The summed E-state index contributed by atoms with van der Waals surface area (Å²) in [7, 11) is 0. The SMILES string of the molecule is CC1(C)CC(NC2C3C4CCC(C4)C23)CCO1. The van der Waals surface area contributed by atoms with Crippen molar-refractivity contribution in [1.29, 1.82) is 0 Å². The smallest absolute Gasteiger partial charge is 0.0641 e. The molecule has 1 saturated heterocycles. The van der Waals surface area contributed by atoms with Crippen LogP contribution >= 0.6 is 0 Å². The van der Waals surface area contributed by atoms with Crippen molar-refractivity contribution in [3.05, 3.63) is 0 Å². The highest BCUT2D eigenvalue weighted by atomic mass is 16.5. The fourth-order valence-corrected chi connectivity index (χ4v) is 5.19. The number of fused-ring (bicyclic) bond motifs is 5. The van der Waals surface area contributed by atoms with Crippen molar-refractivity contribution >= 4 is 0 Å². The van der Waals surface area contributed by atoms with Crippen molar-refractivity contribution in [2.45, 2.75) is 63.6 Å². The zero-order valence-electron chi connectivity index (χ0n) is 11.1. The number of ether oxygens (including phenoxy) is 1. The Morgan fingerprint density at radius 1 is 1.06 bits per heavy atom. The van der Waals surface area contributed by atoms with E-state index in [0.717, 1.165) is 36.3 Å². The molecule has 0 aromatic carbocycles. The number of hydrogen-bond donors (Lipinski definition) is 1. The highest BCUT2D eigenvalue weighted by Gasteiger charge is 2.65. The van der Waals surface area contributed by atoms with Gasteiger partial charge in [-0.15, -0.1) is 0 Å². The molecule has 4 rings (SSSR count). The van der Waals surface area contributed by atoms with Crippen LogP contribution in [0, 0.1) is 23.7 Å². The molecule has 0 radical (unpaired) electrons. The van der Waals surface area contributed by atoms with Gasteiger partial charge in [-0.05, 0) is 69.6 Å². The van der Waals surface area contributed by atoms with Gasteiger partial charge in [0.15, 0.2) is 0 Å². The molecule has 2 heteroatoms. The lowest BCUT2D eigenvalue weighted by molar-refractivity contribution is -0.0634. The van der Waals surface area contributed by atoms with E-state index in [1.165, 1.54) is 25.7 Å². The Balaban J connectivity index is 1.37. The summed E-state index contributed by atoms with van der Waals surface area (Å²) < 4.78 is 5.81. The maximum atomic E-state index is 5.81. The fraction of sp³-hybridized carbons (Fsp3) is 1.00. The van der Waals surface area contributed by atoms with Gasteiger partial charge in [0, 0.05) is 18.7 Å². The number of rotatable bonds is 2. The van der Waals surface area contributed by atoms with Gasteiger partial charge in [0.1, 0.15) is 0 Å². The summed E-state index contributed by atoms with van der Waals surface area (Å²) in [6, 6.07) is 1.61. The summed E-state index contributed by atoms with van der Waals surface area (Å²) in [4.78, 5) is 0. The summed E-state index contributed by atoms with van der Waals surface area (Å²) >= 11 is 0. The third-order valence-corrected chi connectivity index (χ3v) is 5.86. The summed E-state index contributed by atoms with van der Waals surface area (Å²) in [5.74, 6) is 4.32. The molecule has 0 aromatic heterocycles. The average Bonchev–Trinajstić information content (AvgIpc) is 2.69. The van der Waals surface area contributed by atoms with Crippen LogP contribution in [0.3, 0.4) is 0 Å². The maximum Gasteiger partial charge on any atom is 0.0641 e. The second kappa shape index (κ2) is 3.48. The first-order chi connectivity index (χ1) is 8.14. The van der Waals surface area contributed by atoms with Crippen LogP contribution in [0.25, 0.3) is 0 Å². The van der Waals surface area contributed by atoms with Crippen molar-refractivity contribution in [3.8, 4) is 0 Å². The molecule has 0 spiro atoms. The second-order valence-corrected chi connectivity index (χ2v) is 7.48. The predicted octanol–water partition coefficient (Wildman–Crippen LogP) is 2.58. The van der Waals surface area contributed by atoms with Crippen molar-refractivity contribution in [1.82, 2.24) is 5.32 Å². The fourth-order valence-electron chi connectivity index (χ4n) is 5.19. The van der Waals surface area contributed by atoms with Crippen molar-refractivity contribution in [2.24, 2.45) is 23.7 Å². The minimum Gasteiger partial charge on any atom is -0.375 e. The molecule has 0 amide bonds. The Kier molecular flexibility index (Phi) is 2.21. The largest absolute Gasteiger partial charge is 0.375 e. The van der Waals surface area contributed by atoms with Crippen LogP contribution in [0.2, 0.25) is 0 Å². The molecule has 4 fully saturated rings. The van der Waals surface area contributed by atoms with E-state index in [4.69, 9.17) is 4.74 Å². The van der Waals surface area contributed by atoms with Crippen LogP contribution in [0.5, 0.6) is 0 Å². The van der Waals surface area contributed by atoms with E-state index in [-0.39, 0.29) is 5.60 Å². The normalized spacial score (nSPS) is 54.7. The Morgan fingerprint density at radius 3 is 2.41 bits per heavy atom. The molecule has 4 aliphatic rings. The topological polar surface area (TPSA) is 21.3 Å². The minimum absolute atomic E-state index is 0.0961. The lowest BCUT2D eigenvalue weighted by atomic mass is 9.93. The Bertz CT molecular complexity index is 311. The molecule has 1 heterocycles. The van der Waals surface area contributed by atoms with Crippen LogP contribution in [0.1, 0.15) is 46.0 Å². The van der Waals surface area contributed by atoms with Gasteiger partial charge >= 0.3 is 0 Å². The van der Waals surface area contributed by atoms with E-state index in [0.29, 0.717) is 6.04 Å². The van der Waals surface area contributed by atoms with E-state index in [1.54, 1.807) is 6.42 Å². The lowest BCUT2D eigenvalue weighted by Crippen LogP contribution is -2.45. The molecule has 5 unspecified atom stereocenters. The first-order valence-electron chi connectivity index (χ1n) is 7.54. The molecule has 3 saturated carbocycles. The van der Waals surface area contributed by atoms with Crippen LogP contribution < -0.4 is 5.32 Å². The summed E-state index contributed by atoms with van der Waals surface area (Å²) in [6.07, 6.45) is 7.03. The molecule has 5 atom stereocenters. The van der Waals surface area contributed by atoms with Crippen LogP contribution in [-0.4, -0.2) is 24.3 Å². The minimum atomic E-state index is 0.0961. The summed E-state index contributed by atoms with van der Waals surface area (Å²) in [6.45, 7) is 5.41. The van der Waals surface area contributed by atoms with Crippen LogP contribution in [-0.2, 0) is 4.74 Å². The van der Waals surface area contributed by atoms with E-state index in [2.05, 4.69) is 19.2 Å². The third-order valence-electron chi connectivity index (χ3n) is 5.86. The molecule has 3 aliphatic carbocycles. The highest BCUT2D eigenvalue weighted by Crippen LogP contribution is 2.65. The van der Waals surface area contributed by atoms with Gasteiger partial charge in [-0.25, -0.2) is 0 Å². The number of nitrogens with one attached hydrogen (secondary N) is 1. The van der Waals surface area contributed by atoms with E-state index in [1.807, 2.05) is 0 Å². The maximum absolute atomic E-state index is 5.81. The molecule has 17 heavy (non-hydrogen) atoms. The average molecular weight is 235 g/mol. The van der Waals surface area contributed by atoms with Gasteiger partial charge in [0.25, 0.3) is 0 Å². The van der Waals surface area contributed by atoms with Gasteiger partial charge in [-0.2, -0.15) is 0 Å². The molecule has 96 valence electrons. The van der Waals surface area contributed by atoms with Gasteiger partial charge in [-0.3, -0.25) is 0 Å². The first kappa shape index (κ1) is 10.8. The molecular formula is C15H25NO. The molecule has 1 aliphatic heterocycles. The first-order valence-corrected chi connectivity index (χ1v) is 7.54. The molecular weight excluding hydrogens is 210 g/mol. The van der Waals surface area contributed by atoms with Crippen molar-refractivity contribution in [3.63, 3.8) is 0 Å². The summed E-state index contributed by atoms with van der Waals surface area (Å²) in [5, 5.41) is 3.97. The highest BCUT2D eigenvalue weighted by molar-refractivity contribution is 5.17. The molecule has 2 nitrogen and oxygen atoms in total. The van der Waals surface area contributed by atoms with Crippen molar-refractivity contribution in [2.75, 3.05) is 6.61 Å². The monoisotopic (exact) mass is 235 g/mol. The van der Waals surface area contributed by atoms with Crippen molar-refractivity contribution < 1.29 is 4.74 Å². The third kappa shape index (κ3) is 1.67. The van der Waals surface area contributed by atoms with E-state index in [9.17, 15) is 0 Å². The molecule has 0 aromatic rings. The van der Waals surface area contributed by atoms with Gasteiger partial charge in [0.2, 0.25) is 0 Å². The van der Waals surface area contributed by atoms with Crippen LogP contribution in [0.15, 0.2) is 0 Å². The Hall–Kier alpha value is -0.0800. The summed E-state index contributed by atoms with van der Waals surface area (Å²) in [5.41, 5.74) is 0.0961. The Morgan fingerprint density at radius 2 is 1.76 bits per heavy atom. The quantitative estimate of drug-likeness (QED) is 0.794. The second-order valence-electron chi connectivity index (χ2n) is 7.48. The van der Waals surface area contributed by atoms with Gasteiger partial charge < -0.3 is 10.1 Å². The van der Waals surface area contributed by atoms with Crippen LogP contribution in [0.4, 0.5) is 0 Å². The molecule has 1 N–H and O–H groups in total. The number of hydrogen-bond acceptors (Lipinski definition) is 2.